The number of hydrogen-bond donors (Lipinski definition) is 1. The lowest BCUT2D eigenvalue weighted by Crippen LogP contribution is -2.04. The second-order valence-corrected chi connectivity index (χ2v) is 5.83. The zero-order valence-electron chi connectivity index (χ0n) is 10.1. The predicted molar refractivity (Wildman–Crippen MR) is 78.4 cm³/mol. The van der Waals surface area contributed by atoms with Crippen molar-refractivity contribution in [3.8, 4) is 0 Å². The minimum atomic E-state index is 0.458. The van der Waals surface area contributed by atoms with Crippen molar-refractivity contribution in [2.45, 2.75) is 24.1 Å². The Morgan fingerprint density at radius 1 is 1.22 bits per heavy atom. The molecule has 0 radical (unpaired) electrons. The van der Waals surface area contributed by atoms with Crippen molar-refractivity contribution in [2.24, 2.45) is 5.73 Å². The summed E-state index contributed by atoms with van der Waals surface area (Å²) in [6.07, 6.45) is 0. The summed E-state index contributed by atoms with van der Waals surface area (Å²) in [5, 5.41) is 0. The van der Waals surface area contributed by atoms with Crippen LogP contribution in [0, 0.1) is 6.92 Å². The van der Waals surface area contributed by atoms with Gasteiger partial charge >= 0.3 is 0 Å². The van der Waals surface area contributed by atoms with Crippen molar-refractivity contribution in [1.29, 1.82) is 0 Å². The number of halogens is 1. The van der Waals surface area contributed by atoms with Crippen LogP contribution >= 0.6 is 27.7 Å². The van der Waals surface area contributed by atoms with E-state index in [1.165, 1.54) is 4.90 Å². The third-order valence-electron chi connectivity index (χ3n) is 2.34. The van der Waals surface area contributed by atoms with Crippen molar-refractivity contribution in [3.63, 3.8) is 0 Å². The summed E-state index contributed by atoms with van der Waals surface area (Å²) in [7, 11) is 0. The fourth-order valence-corrected chi connectivity index (χ4v) is 2.57. The van der Waals surface area contributed by atoms with Crippen LogP contribution in [-0.2, 0) is 12.3 Å². The zero-order valence-corrected chi connectivity index (χ0v) is 12.5. The summed E-state index contributed by atoms with van der Waals surface area (Å²) in [6, 6.07) is 10.1. The van der Waals surface area contributed by atoms with Crippen molar-refractivity contribution < 1.29 is 0 Å². The van der Waals surface area contributed by atoms with Crippen molar-refractivity contribution in [2.75, 3.05) is 0 Å². The van der Waals surface area contributed by atoms with Gasteiger partial charge < -0.3 is 5.73 Å². The lowest BCUT2D eigenvalue weighted by atomic mass is 10.3. The van der Waals surface area contributed by atoms with Gasteiger partial charge in [-0.2, -0.15) is 0 Å². The summed E-state index contributed by atoms with van der Waals surface area (Å²) in [5.41, 5.74) is 7.48. The molecule has 0 aliphatic rings. The second-order valence-electron chi connectivity index (χ2n) is 3.86. The lowest BCUT2D eigenvalue weighted by molar-refractivity contribution is 0.900. The van der Waals surface area contributed by atoms with Crippen LogP contribution < -0.4 is 5.73 Å². The topological polar surface area (TPSA) is 51.8 Å². The number of rotatable bonds is 4. The van der Waals surface area contributed by atoms with Gasteiger partial charge in [-0.15, -0.1) is 11.8 Å². The van der Waals surface area contributed by atoms with E-state index in [0.717, 1.165) is 27.4 Å². The first-order valence-corrected chi connectivity index (χ1v) is 7.37. The molecule has 0 saturated heterocycles. The van der Waals surface area contributed by atoms with Gasteiger partial charge in [-0.1, -0.05) is 15.9 Å². The number of thioether (sulfide) groups is 1. The van der Waals surface area contributed by atoms with E-state index in [4.69, 9.17) is 5.73 Å². The molecule has 1 heterocycles. The van der Waals surface area contributed by atoms with Gasteiger partial charge in [0, 0.05) is 21.6 Å². The van der Waals surface area contributed by atoms with Gasteiger partial charge in [0.2, 0.25) is 0 Å². The van der Waals surface area contributed by atoms with E-state index < -0.39 is 0 Å². The fraction of sp³-hybridized carbons (Fsp3) is 0.231. The molecule has 0 amide bonds. The Bertz CT molecular complexity index is 528. The average molecular weight is 324 g/mol. The average Bonchev–Trinajstić information content (AvgIpc) is 2.37. The van der Waals surface area contributed by atoms with Gasteiger partial charge in [-0.3, -0.25) is 0 Å². The van der Waals surface area contributed by atoms with Gasteiger partial charge in [0.15, 0.2) is 0 Å². The molecule has 0 unspecified atom stereocenters. The Morgan fingerprint density at radius 3 is 2.61 bits per heavy atom. The van der Waals surface area contributed by atoms with E-state index >= 15 is 0 Å². The Balaban J connectivity index is 2.05. The highest BCUT2D eigenvalue weighted by Gasteiger charge is 2.02. The summed E-state index contributed by atoms with van der Waals surface area (Å²) in [6.45, 7) is 2.42. The molecule has 2 N–H and O–H groups in total. The van der Waals surface area contributed by atoms with E-state index in [-0.39, 0.29) is 0 Å². The van der Waals surface area contributed by atoms with Crippen LogP contribution in [0.4, 0.5) is 0 Å². The molecule has 1 aromatic carbocycles. The first kappa shape index (κ1) is 13.5. The fourth-order valence-electron chi connectivity index (χ4n) is 1.55. The molecule has 94 valence electrons. The van der Waals surface area contributed by atoms with E-state index in [1.54, 1.807) is 11.8 Å². The smallest absolute Gasteiger partial charge is 0.139 e. The molecule has 18 heavy (non-hydrogen) atoms. The number of benzene rings is 1. The highest BCUT2D eigenvalue weighted by atomic mass is 79.9. The molecule has 5 heteroatoms. The minimum Gasteiger partial charge on any atom is -0.325 e. The maximum Gasteiger partial charge on any atom is 0.139 e. The minimum absolute atomic E-state index is 0.458. The van der Waals surface area contributed by atoms with Crippen molar-refractivity contribution in [3.05, 3.63) is 52.0 Å². The molecule has 0 spiro atoms. The SMILES string of the molecule is Cc1cc(CN)nc(CSc2ccc(Br)cc2)n1. The summed E-state index contributed by atoms with van der Waals surface area (Å²) in [5.74, 6) is 1.60. The summed E-state index contributed by atoms with van der Waals surface area (Å²) >= 11 is 5.15. The molecular formula is C13H14BrN3S. The number of nitrogens with two attached hydrogens (primary N) is 1. The van der Waals surface area contributed by atoms with Crippen LogP contribution in [0.5, 0.6) is 0 Å². The van der Waals surface area contributed by atoms with Crippen LogP contribution in [0.1, 0.15) is 17.2 Å². The molecule has 0 aliphatic carbocycles. The molecular weight excluding hydrogens is 310 g/mol. The van der Waals surface area contributed by atoms with Crippen LogP contribution in [0.3, 0.4) is 0 Å². The molecule has 1 aromatic heterocycles. The first-order valence-electron chi connectivity index (χ1n) is 5.59. The van der Waals surface area contributed by atoms with E-state index in [9.17, 15) is 0 Å². The Labute approximate surface area is 119 Å². The molecule has 3 nitrogen and oxygen atoms in total. The van der Waals surface area contributed by atoms with Crippen molar-refractivity contribution >= 4 is 27.7 Å². The van der Waals surface area contributed by atoms with Crippen molar-refractivity contribution in [1.82, 2.24) is 9.97 Å². The summed E-state index contributed by atoms with van der Waals surface area (Å²) in [4.78, 5) is 10.0. The predicted octanol–water partition coefficient (Wildman–Crippen LogP) is 3.30. The van der Waals surface area contributed by atoms with Crippen LogP contribution in [0.2, 0.25) is 0 Å². The number of hydrogen-bond acceptors (Lipinski definition) is 4. The monoisotopic (exact) mass is 323 g/mol. The van der Waals surface area contributed by atoms with Crippen LogP contribution in [0.15, 0.2) is 39.7 Å². The number of aryl methyl sites for hydroxylation is 1. The first-order chi connectivity index (χ1) is 8.67. The van der Waals surface area contributed by atoms with Gasteiger partial charge in [-0.05, 0) is 37.3 Å². The molecule has 0 atom stereocenters. The van der Waals surface area contributed by atoms with Gasteiger partial charge in [0.1, 0.15) is 5.82 Å². The molecule has 0 aliphatic heterocycles. The van der Waals surface area contributed by atoms with Gasteiger partial charge in [0.05, 0.1) is 11.4 Å². The second kappa shape index (κ2) is 6.31. The highest BCUT2D eigenvalue weighted by Crippen LogP contribution is 2.23. The summed E-state index contributed by atoms with van der Waals surface area (Å²) < 4.78 is 1.09. The third kappa shape index (κ3) is 3.80. The molecule has 0 bridgehead atoms. The molecule has 0 saturated carbocycles. The number of aromatic nitrogens is 2. The van der Waals surface area contributed by atoms with E-state index in [2.05, 4.69) is 38.0 Å². The van der Waals surface area contributed by atoms with E-state index in [1.807, 2.05) is 25.1 Å². The standard InChI is InChI=1S/C13H14BrN3S/c1-9-6-11(7-15)17-13(16-9)8-18-12-4-2-10(14)3-5-12/h2-6H,7-8,15H2,1H3. The molecule has 0 fully saturated rings. The van der Waals surface area contributed by atoms with E-state index in [0.29, 0.717) is 6.54 Å². The Hall–Kier alpha value is -0.910. The maximum absolute atomic E-state index is 5.61. The molecule has 2 aromatic rings. The van der Waals surface area contributed by atoms with Gasteiger partial charge in [-0.25, -0.2) is 9.97 Å². The maximum atomic E-state index is 5.61. The number of nitrogens with zero attached hydrogens (tertiary/aromatic N) is 2. The Kier molecular flexibility index (Phi) is 4.74. The third-order valence-corrected chi connectivity index (χ3v) is 3.88. The zero-order chi connectivity index (χ0) is 13.0. The van der Waals surface area contributed by atoms with Crippen LogP contribution in [0.25, 0.3) is 0 Å². The van der Waals surface area contributed by atoms with Gasteiger partial charge in [0.25, 0.3) is 0 Å². The lowest BCUT2D eigenvalue weighted by Gasteiger charge is -2.04. The largest absolute Gasteiger partial charge is 0.325 e. The highest BCUT2D eigenvalue weighted by molar-refractivity contribution is 9.10. The normalized spacial score (nSPS) is 10.6. The quantitative estimate of drug-likeness (QED) is 0.877. The molecule has 2 rings (SSSR count). The van der Waals surface area contributed by atoms with Crippen LogP contribution in [-0.4, -0.2) is 9.97 Å². The Morgan fingerprint density at radius 2 is 1.94 bits per heavy atom.